The number of carbonyl (C=O) groups is 2. The second-order valence-electron chi connectivity index (χ2n) is 6.70. The van der Waals surface area contributed by atoms with E-state index in [1.54, 1.807) is 18.2 Å². The summed E-state index contributed by atoms with van der Waals surface area (Å²) < 4.78 is 10.5. The SMILES string of the molecule is COc1cc(CNC(=O)CCCn2nnc(-c3ccccc3)n2)ccc1OCC(N)=O. The van der Waals surface area contributed by atoms with Crippen LogP contribution < -0.4 is 20.5 Å². The molecule has 0 spiro atoms. The molecule has 0 saturated heterocycles. The standard InChI is InChI=1S/C21H24N6O4/c1-30-18-12-15(9-10-17(18)31-14-19(22)28)13-23-20(29)8-5-11-27-25-21(24-26-27)16-6-3-2-4-7-16/h2-4,6-7,9-10,12H,5,8,11,13-14H2,1H3,(H2,22,28)(H,23,29). The van der Waals surface area contributed by atoms with Gasteiger partial charge in [0.2, 0.25) is 11.7 Å². The maximum absolute atomic E-state index is 12.1. The van der Waals surface area contributed by atoms with E-state index in [4.69, 9.17) is 15.2 Å². The zero-order valence-corrected chi connectivity index (χ0v) is 17.2. The van der Waals surface area contributed by atoms with Crippen LogP contribution >= 0.6 is 0 Å². The number of primary amides is 1. The van der Waals surface area contributed by atoms with Crippen molar-refractivity contribution in [3.05, 3.63) is 54.1 Å². The third kappa shape index (κ3) is 6.53. The summed E-state index contributed by atoms with van der Waals surface area (Å²) >= 11 is 0. The number of benzene rings is 2. The molecule has 1 aromatic heterocycles. The molecule has 0 aliphatic rings. The summed E-state index contributed by atoms with van der Waals surface area (Å²) in [5, 5.41) is 15.3. The average molecular weight is 424 g/mol. The van der Waals surface area contributed by atoms with Gasteiger partial charge in [-0.15, -0.1) is 10.2 Å². The van der Waals surface area contributed by atoms with Crippen LogP contribution in [0, 0.1) is 0 Å². The number of ether oxygens (including phenoxy) is 2. The maximum atomic E-state index is 12.1. The van der Waals surface area contributed by atoms with Crippen molar-refractivity contribution in [2.75, 3.05) is 13.7 Å². The van der Waals surface area contributed by atoms with Gasteiger partial charge in [-0.05, 0) is 29.3 Å². The fourth-order valence-electron chi connectivity index (χ4n) is 2.80. The number of aryl methyl sites for hydroxylation is 1. The van der Waals surface area contributed by atoms with Crippen LogP contribution in [0.2, 0.25) is 0 Å². The van der Waals surface area contributed by atoms with Crippen LogP contribution in [0.15, 0.2) is 48.5 Å². The summed E-state index contributed by atoms with van der Waals surface area (Å²) in [6, 6.07) is 14.8. The number of amides is 2. The lowest BCUT2D eigenvalue weighted by Gasteiger charge is -2.12. The molecule has 10 nitrogen and oxygen atoms in total. The molecule has 10 heteroatoms. The molecule has 3 N–H and O–H groups in total. The van der Waals surface area contributed by atoms with Gasteiger partial charge in [-0.2, -0.15) is 4.80 Å². The Hall–Kier alpha value is -3.95. The topological polar surface area (TPSA) is 134 Å². The van der Waals surface area contributed by atoms with Gasteiger partial charge >= 0.3 is 0 Å². The van der Waals surface area contributed by atoms with Gasteiger partial charge < -0.3 is 20.5 Å². The smallest absolute Gasteiger partial charge is 0.255 e. The normalized spacial score (nSPS) is 10.5. The van der Waals surface area contributed by atoms with E-state index in [1.165, 1.54) is 11.9 Å². The largest absolute Gasteiger partial charge is 0.493 e. The first kappa shape index (κ1) is 21.8. The molecule has 0 saturated carbocycles. The minimum Gasteiger partial charge on any atom is -0.493 e. The third-order valence-electron chi connectivity index (χ3n) is 4.33. The number of tetrazole rings is 1. The van der Waals surface area contributed by atoms with Crippen molar-refractivity contribution in [1.29, 1.82) is 0 Å². The highest BCUT2D eigenvalue weighted by molar-refractivity contribution is 5.76. The van der Waals surface area contributed by atoms with Crippen molar-refractivity contribution >= 4 is 11.8 Å². The molecule has 3 rings (SSSR count). The number of hydrogen-bond acceptors (Lipinski definition) is 7. The number of nitrogens with zero attached hydrogens (tertiary/aromatic N) is 4. The van der Waals surface area contributed by atoms with Gasteiger partial charge in [0, 0.05) is 18.5 Å². The summed E-state index contributed by atoms with van der Waals surface area (Å²) in [7, 11) is 1.50. The van der Waals surface area contributed by atoms with Crippen LogP contribution in [0.5, 0.6) is 11.5 Å². The van der Waals surface area contributed by atoms with Crippen LogP contribution in [0.1, 0.15) is 18.4 Å². The van der Waals surface area contributed by atoms with E-state index in [9.17, 15) is 9.59 Å². The van der Waals surface area contributed by atoms with Crippen molar-refractivity contribution in [3.8, 4) is 22.9 Å². The highest BCUT2D eigenvalue weighted by Crippen LogP contribution is 2.28. The predicted octanol–water partition coefficient (Wildman–Crippen LogP) is 1.31. The van der Waals surface area contributed by atoms with Crippen LogP contribution in [0.3, 0.4) is 0 Å². The Morgan fingerprint density at radius 3 is 2.68 bits per heavy atom. The Balaban J connectivity index is 1.43. The Bertz CT molecular complexity index is 1020. The summed E-state index contributed by atoms with van der Waals surface area (Å²) in [5.74, 6) is 0.764. The molecule has 3 aromatic rings. The zero-order chi connectivity index (χ0) is 22.1. The first-order valence-corrected chi connectivity index (χ1v) is 9.73. The Labute approximate surface area is 179 Å². The number of aromatic nitrogens is 4. The summed E-state index contributed by atoms with van der Waals surface area (Å²) in [6.07, 6.45) is 0.915. The molecule has 2 aromatic carbocycles. The van der Waals surface area contributed by atoms with Crippen molar-refractivity contribution in [2.24, 2.45) is 5.73 Å². The average Bonchev–Trinajstić information content (AvgIpc) is 3.26. The Morgan fingerprint density at radius 1 is 1.13 bits per heavy atom. The second kappa shape index (κ2) is 10.7. The van der Waals surface area contributed by atoms with E-state index in [0.29, 0.717) is 43.3 Å². The van der Waals surface area contributed by atoms with Crippen molar-refractivity contribution in [1.82, 2.24) is 25.5 Å². The van der Waals surface area contributed by atoms with Crippen LogP contribution in [0.4, 0.5) is 0 Å². The lowest BCUT2D eigenvalue weighted by atomic mass is 10.2. The molecule has 0 radical (unpaired) electrons. The first-order valence-electron chi connectivity index (χ1n) is 9.73. The van der Waals surface area contributed by atoms with Gasteiger partial charge in [0.1, 0.15) is 0 Å². The quantitative estimate of drug-likeness (QED) is 0.474. The number of nitrogens with one attached hydrogen (secondary N) is 1. The molecule has 1 heterocycles. The lowest BCUT2D eigenvalue weighted by molar-refractivity contribution is -0.121. The van der Waals surface area contributed by atoms with Crippen molar-refractivity contribution in [2.45, 2.75) is 25.9 Å². The molecule has 0 atom stereocenters. The van der Waals surface area contributed by atoms with Gasteiger partial charge in [-0.25, -0.2) is 0 Å². The molecule has 0 aliphatic carbocycles. The molecule has 2 amide bonds. The van der Waals surface area contributed by atoms with Gasteiger partial charge in [0.05, 0.1) is 13.7 Å². The van der Waals surface area contributed by atoms with Crippen LogP contribution in [-0.2, 0) is 22.7 Å². The van der Waals surface area contributed by atoms with E-state index in [2.05, 4.69) is 20.7 Å². The lowest BCUT2D eigenvalue weighted by Crippen LogP contribution is -2.23. The predicted molar refractivity (Wildman–Crippen MR) is 112 cm³/mol. The molecule has 31 heavy (non-hydrogen) atoms. The monoisotopic (exact) mass is 424 g/mol. The summed E-state index contributed by atoms with van der Waals surface area (Å²) in [4.78, 5) is 24.5. The van der Waals surface area contributed by atoms with Crippen molar-refractivity contribution < 1.29 is 19.1 Å². The molecule has 0 bridgehead atoms. The number of methoxy groups -OCH3 is 1. The van der Waals surface area contributed by atoms with E-state index in [1.807, 2.05) is 30.3 Å². The van der Waals surface area contributed by atoms with E-state index in [-0.39, 0.29) is 12.5 Å². The van der Waals surface area contributed by atoms with Crippen molar-refractivity contribution in [3.63, 3.8) is 0 Å². The second-order valence-corrected chi connectivity index (χ2v) is 6.70. The van der Waals surface area contributed by atoms with Gasteiger partial charge in [-0.3, -0.25) is 9.59 Å². The van der Waals surface area contributed by atoms with E-state index < -0.39 is 5.91 Å². The number of nitrogens with two attached hydrogens (primary N) is 1. The fraction of sp³-hybridized carbons (Fsp3) is 0.286. The molecule has 0 unspecified atom stereocenters. The third-order valence-corrected chi connectivity index (χ3v) is 4.33. The molecular weight excluding hydrogens is 400 g/mol. The number of rotatable bonds is 11. The molecule has 162 valence electrons. The van der Waals surface area contributed by atoms with Gasteiger partial charge in [0.25, 0.3) is 5.91 Å². The minimum atomic E-state index is -0.573. The van der Waals surface area contributed by atoms with E-state index in [0.717, 1.165) is 11.1 Å². The summed E-state index contributed by atoms with van der Waals surface area (Å²) in [5.41, 5.74) is 6.81. The fourth-order valence-corrected chi connectivity index (χ4v) is 2.80. The van der Waals surface area contributed by atoms with Crippen LogP contribution in [-0.4, -0.2) is 45.7 Å². The minimum absolute atomic E-state index is 0.0866. The maximum Gasteiger partial charge on any atom is 0.255 e. The number of carbonyl (C=O) groups excluding carboxylic acids is 2. The van der Waals surface area contributed by atoms with Gasteiger partial charge in [0.15, 0.2) is 18.1 Å². The molecule has 0 fully saturated rings. The zero-order valence-electron chi connectivity index (χ0n) is 17.2. The summed E-state index contributed by atoms with van der Waals surface area (Å²) in [6.45, 7) is 0.595. The highest BCUT2D eigenvalue weighted by atomic mass is 16.5. The van der Waals surface area contributed by atoms with Crippen LogP contribution in [0.25, 0.3) is 11.4 Å². The molecule has 0 aliphatic heterocycles. The van der Waals surface area contributed by atoms with Gasteiger partial charge in [-0.1, -0.05) is 36.4 Å². The van der Waals surface area contributed by atoms with E-state index >= 15 is 0 Å². The Morgan fingerprint density at radius 2 is 1.94 bits per heavy atom. The number of hydrogen-bond donors (Lipinski definition) is 2. The first-order chi connectivity index (χ1) is 15.0. The highest BCUT2D eigenvalue weighted by Gasteiger charge is 2.09. The Kier molecular flexibility index (Phi) is 7.52. The molecular formula is C21H24N6O4.